The molecule has 2 aromatic heterocycles. The normalized spacial score (nSPS) is 11.3. The van der Waals surface area contributed by atoms with Crippen LogP contribution in [0.2, 0.25) is 0 Å². The molecule has 0 aliphatic rings. The minimum absolute atomic E-state index is 0.934. The lowest BCUT2D eigenvalue weighted by Gasteiger charge is -2.15. The summed E-state index contributed by atoms with van der Waals surface area (Å²) in [7, 11) is 2.14. The molecule has 0 unspecified atom stereocenters. The second-order valence-electron chi connectivity index (χ2n) is 4.41. The van der Waals surface area contributed by atoms with Crippen LogP contribution in [0.15, 0.2) is 23.0 Å². The van der Waals surface area contributed by atoms with E-state index in [1.807, 2.05) is 16.8 Å². The average Bonchev–Trinajstić information content (AvgIpc) is 2.96. The Morgan fingerprint density at radius 1 is 1.39 bits per heavy atom. The van der Waals surface area contributed by atoms with E-state index in [0.29, 0.717) is 0 Å². The van der Waals surface area contributed by atoms with Crippen LogP contribution in [0.5, 0.6) is 0 Å². The Kier molecular flexibility index (Phi) is 5.31. The maximum absolute atomic E-state index is 4.29. The van der Waals surface area contributed by atoms with Crippen molar-refractivity contribution >= 4 is 22.7 Å². The van der Waals surface area contributed by atoms with Crippen molar-refractivity contribution in [1.29, 1.82) is 0 Å². The second-order valence-corrected chi connectivity index (χ2v) is 6.50. The first-order valence-corrected chi connectivity index (χ1v) is 7.81. The quantitative estimate of drug-likeness (QED) is 0.791. The van der Waals surface area contributed by atoms with Gasteiger partial charge in [-0.25, -0.2) is 4.98 Å². The van der Waals surface area contributed by atoms with Gasteiger partial charge in [-0.15, -0.1) is 22.7 Å². The molecule has 0 fully saturated rings. The third-order valence-corrected chi connectivity index (χ3v) is 4.32. The molecule has 0 amide bonds. The van der Waals surface area contributed by atoms with Gasteiger partial charge in [0.15, 0.2) is 0 Å². The van der Waals surface area contributed by atoms with Gasteiger partial charge < -0.3 is 5.32 Å². The molecule has 5 heteroatoms. The lowest BCUT2D eigenvalue weighted by atomic mass is 10.4. The zero-order valence-corrected chi connectivity index (χ0v) is 12.5. The Labute approximate surface area is 116 Å². The summed E-state index contributed by atoms with van der Waals surface area (Å²) in [6.07, 6.45) is 0. The van der Waals surface area contributed by atoms with E-state index >= 15 is 0 Å². The van der Waals surface area contributed by atoms with Crippen LogP contribution in [0.1, 0.15) is 15.4 Å². The molecular formula is C13H19N3S2. The highest BCUT2D eigenvalue weighted by Crippen LogP contribution is 2.14. The fraction of sp³-hybridized carbons (Fsp3) is 0.462. The minimum Gasteiger partial charge on any atom is -0.311 e. The molecule has 2 aromatic rings. The summed E-state index contributed by atoms with van der Waals surface area (Å²) in [5.41, 5.74) is 3.05. The molecule has 0 radical (unpaired) electrons. The van der Waals surface area contributed by atoms with E-state index in [1.165, 1.54) is 9.75 Å². The molecule has 0 atom stereocenters. The first kappa shape index (κ1) is 13.7. The molecule has 0 saturated heterocycles. The summed E-state index contributed by atoms with van der Waals surface area (Å²) in [6.45, 7) is 6.11. The van der Waals surface area contributed by atoms with Gasteiger partial charge in [-0.05, 0) is 26.1 Å². The molecule has 2 rings (SSSR count). The number of aromatic nitrogens is 1. The lowest BCUT2D eigenvalue weighted by Crippen LogP contribution is -2.28. The summed E-state index contributed by atoms with van der Waals surface area (Å²) in [5.74, 6) is 0. The van der Waals surface area contributed by atoms with E-state index < -0.39 is 0 Å². The minimum atomic E-state index is 0.934. The number of aryl methyl sites for hydroxylation is 1. The van der Waals surface area contributed by atoms with E-state index in [4.69, 9.17) is 0 Å². The smallest absolute Gasteiger partial charge is 0.0795 e. The van der Waals surface area contributed by atoms with Crippen molar-refractivity contribution in [2.75, 3.05) is 20.1 Å². The average molecular weight is 281 g/mol. The van der Waals surface area contributed by atoms with Gasteiger partial charge in [0.05, 0.1) is 11.2 Å². The number of likely N-dealkylation sites (N-methyl/N-ethyl adjacent to an activating group) is 1. The van der Waals surface area contributed by atoms with Crippen molar-refractivity contribution in [2.45, 2.75) is 20.0 Å². The molecular weight excluding hydrogens is 262 g/mol. The van der Waals surface area contributed by atoms with Crippen LogP contribution in [0, 0.1) is 6.92 Å². The van der Waals surface area contributed by atoms with Crippen LogP contribution in [0.3, 0.4) is 0 Å². The highest BCUT2D eigenvalue weighted by Gasteiger charge is 2.02. The van der Waals surface area contributed by atoms with Gasteiger partial charge in [0.25, 0.3) is 0 Å². The summed E-state index contributed by atoms with van der Waals surface area (Å²) in [4.78, 5) is 9.38. The molecule has 98 valence electrons. The van der Waals surface area contributed by atoms with E-state index in [9.17, 15) is 0 Å². The van der Waals surface area contributed by atoms with E-state index in [-0.39, 0.29) is 0 Å². The summed E-state index contributed by atoms with van der Waals surface area (Å²) < 4.78 is 0. The topological polar surface area (TPSA) is 28.2 Å². The fourth-order valence-corrected chi connectivity index (χ4v) is 3.14. The molecule has 0 bridgehead atoms. The van der Waals surface area contributed by atoms with Crippen molar-refractivity contribution in [3.05, 3.63) is 38.5 Å². The lowest BCUT2D eigenvalue weighted by molar-refractivity contribution is 0.321. The third-order valence-electron chi connectivity index (χ3n) is 2.68. The Morgan fingerprint density at radius 2 is 2.28 bits per heavy atom. The SMILES string of the molecule is Cc1ccc(CNCCN(C)Cc2cscn2)s1. The molecule has 0 spiro atoms. The van der Waals surface area contributed by atoms with Crippen LogP contribution in [0.4, 0.5) is 0 Å². The number of rotatable bonds is 7. The van der Waals surface area contributed by atoms with Crippen LogP contribution >= 0.6 is 22.7 Å². The van der Waals surface area contributed by atoms with Gasteiger partial charge in [-0.2, -0.15) is 0 Å². The Hall–Kier alpha value is -0.750. The third kappa shape index (κ3) is 4.49. The fourth-order valence-electron chi connectivity index (χ4n) is 1.73. The molecule has 18 heavy (non-hydrogen) atoms. The number of hydrogen-bond acceptors (Lipinski definition) is 5. The monoisotopic (exact) mass is 281 g/mol. The zero-order valence-electron chi connectivity index (χ0n) is 10.8. The first-order chi connectivity index (χ1) is 8.74. The summed E-state index contributed by atoms with van der Waals surface area (Å²) in [5, 5.41) is 5.59. The van der Waals surface area contributed by atoms with Crippen LogP contribution in [-0.4, -0.2) is 30.0 Å². The van der Waals surface area contributed by atoms with Crippen LogP contribution in [0.25, 0.3) is 0 Å². The standard InChI is InChI=1S/C13H19N3S2/c1-11-3-4-13(18-11)7-14-5-6-16(2)8-12-9-17-10-15-12/h3-4,9-10,14H,5-8H2,1-2H3. The van der Waals surface area contributed by atoms with Crippen molar-refractivity contribution in [1.82, 2.24) is 15.2 Å². The van der Waals surface area contributed by atoms with E-state index in [2.05, 4.69) is 46.7 Å². The van der Waals surface area contributed by atoms with Crippen molar-refractivity contribution in [3.8, 4) is 0 Å². The molecule has 0 aliphatic heterocycles. The van der Waals surface area contributed by atoms with Crippen molar-refractivity contribution in [2.24, 2.45) is 0 Å². The predicted molar refractivity (Wildman–Crippen MR) is 79.2 cm³/mol. The number of hydrogen-bond donors (Lipinski definition) is 1. The van der Waals surface area contributed by atoms with Crippen molar-refractivity contribution < 1.29 is 0 Å². The van der Waals surface area contributed by atoms with Crippen molar-refractivity contribution in [3.63, 3.8) is 0 Å². The molecule has 0 saturated carbocycles. The maximum atomic E-state index is 4.29. The highest BCUT2D eigenvalue weighted by molar-refractivity contribution is 7.11. The predicted octanol–water partition coefficient (Wildman–Crippen LogP) is 2.73. The van der Waals surface area contributed by atoms with Gasteiger partial charge in [0.1, 0.15) is 0 Å². The zero-order chi connectivity index (χ0) is 12.8. The van der Waals surface area contributed by atoms with Crippen LogP contribution < -0.4 is 5.32 Å². The molecule has 2 heterocycles. The van der Waals surface area contributed by atoms with Gasteiger partial charge >= 0.3 is 0 Å². The van der Waals surface area contributed by atoms with Crippen LogP contribution in [-0.2, 0) is 13.1 Å². The van der Waals surface area contributed by atoms with Gasteiger partial charge in [-0.3, -0.25) is 4.90 Å². The summed E-state index contributed by atoms with van der Waals surface area (Å²) in [6, 6.07) is 4.38. The van der Waals surface area contributed by atoms with Gasteiger partial charge in [-0.1, -0.05) is 0 Å². The first-order valence-electron chi connectivity index (χ1n) is 6.05. The maximum Gasteiger partial charge on any atom is 0.0795 e. The van der Waals surface area contributed by atoms with E-state index in [1.54, 1.807) is 11.3 Å². The number of thiophene rings is 1. The Morgan fingerprint density at radius 3 is 2.94 bits per heavy atom. The second kappa shape index (κ2) is 6.99. The Balaban J connectivity index is 1.60. The molecule has 3 nitrogen and oxygen atoms in total. The Bertz CT molecular complexity index is 451. The molecule has 0 aromatic carbocycles. The van der Waals surface area contributed by atoms with Gasteiger partial charge in [0.2, 0.25) is 0 Å². The van der Waals surface area contributed by atoms with E-state index in [0.717, 1.165) is 31.9 Å². The summed E-state index contributed by atoms with van der Waals surface area (Å²) >= 11 is 3.52. The number of nitrogens with zero attached hydrogens (tertiary/aromatic N) is 2. The molecule has 1 N–H and O–H groups in total. The largest absolute Gasteiger partial charge is 0.311 e. The number of nitrogens with one attached hydrogen (secondary N) is 1. The number of thiazole rings is 1. The van der Waals surface area contributed by atoms with Gasteiger partial charge in [0, 0.05) is 41.3 Å². The molecule has 0 aliphatic carbocycles. The highest BCUT2D eigenvalue weighted by atomic mass is 32.1.